The molecule has 8 heteroatoms. The maximum absolute atomic E-state index is 12.7. The first kappa shape index (κ1) is 14.3. The van der Waals surface area contributed by atoms with Crippen molar-refractivity contribution in [1.82, 2.24) is 9.88 Å². The van der Waals surface area contributed by atoms with Gasteiger partial charge in [-0.25, -0.2) is 0 Å². The van der Waals surface area contributed by atoms with Crippen LogP contribution in [0.4, 0.5) is 22.0 Å². The molecule has 0 spiro atoms. The Balaban J connectivity index is 2.80. The molecule has 0 aliphatic carbocycles. The fourth-order valence-electron chi connectivity index (χ4n) is 1.17. The molecule has 0 unspecified atom stereocenters. The number of pyridine rings is 1. The average Bonchev–Trinajstić information content (AvgIpc) is 2.27. The van der Waals surface area contributed by atoms with Gasteiger partial charge in [-0.15, -0.1) is 0 Å². The number of aromatic nitrogens is 1. The molecular weight excluding hydrogens is 259 g/mol. The van der Waals surface area contributed by atoms with Crippen LogP contribution in [0.2, 0.25) is 0 Å². The summed E-state index contributed by atoms with van der Waals surface area (Å²) < 4.78 is 61.4. The highest BCUT2D eigenvalue weighted by Crippen LogP contribution is 2.36. The Morgan fingerprint density at radius 1 is 1.28 bits per heavy atom. The molecule has 1 heterocycles. The molecule has 0 aromatic carbocycles. The van der Waals surface area contributed by atoms with Gasteiger partial charge in [-0.2, -0.15) is 22.0 Å². The largest absolute Gasteiger partial charge is 0.463 e. The molecule has 0 radical (unpaired) electrons. The van der Waals surface area contributed by atoms with Crippen LogP contribution in [-0.2, 0) is 11.3 Å². The zero-order valence-electron chi connectivity index (χ0n) is 9.21. The van der Waals surface area contributed by atoms with E-state index in [2.05, 4.69) is 4.98 Å². The van der Waals surface area contributed by atoms with Crippen molar-refractivity contribution in [2.24, 2.45) is 0 Å². The lowest BCUT2D eigenvalue weighted by molar-refractivity contribution is -0.274. The Bertz CT molecular complexity index is 418. The molecule has 0 aliphatic rings. The van der Waals surface area contributed by atoms with E-state index in [1.807, 2.05) is 0 Å². The quantitative estimate of drug-likeness (QED) is 0.788. The highest BCUT2D eigenvalue weighted by atomic mass is 19.4. The van der Waals surface area contributed by atoms with Crippen LogP contribution in [0, 0.1) is 0 Å². The lowest BCUT2D eigenvalue weighted by Gasteiger charge is -2.24. The third-order valence-corrected chi connectivity index (χ3v) is 2.10. The van der Waals surface area contributed by atoms with Crippen molar-refractivity contribution in [3.05, 3.63) is 30.1 Å². The van der Waals surface area contributed by atoms with Crippen molar-refractivity contribution in [1.29, 1.82) is 0 Å². The normalized spacial score (nSPS) is 12.3. The summed E-state index contributed by atoms with van der Waals surface area (Å²) in [5.74, 6) is -7.70. The number of hydrogen-bond acceptors (Lipinski definition) is 2. The van der Waals surface area contributed by atoms with E-state index in [1.165, 1.54) is 18.3 Å². The van der Waals surface area contributed by atoms with E-state index in [0.717, 1.165) is 7.05 Å². The van der Waals surface area contributed by atoms with Gasteiger partial charge in [0.1, 0.15) is 0 Å². The summed E-state index contributed by atoms with van der Waals surface area (Å²) in [5.41, 5.74) is 0.214. The average molecular weight is 268 g/mol. The third kappa shape index (κ3) is 2.93. The second-order valence-corrected chi connectivity index (χ2v) is 3.55. The molecule has 0 N–H and O–H groups in total. The molecular formula is C10H9F5N2O. The molecule has 1 aromatic heterocycles. The van der Waals surface area contributed by atoms with Crippen molar-refractivity contribution in [3.63, 3.8) is 0 Å². The fourth-order valence-corrected chi connectivity index (χ4v) is 1.17. The number of alkyl halides is 5. The van der Waals surface area contributed by atoms with Crippen LogP contribution in [0.5, 0.6) is 0 Å². The monoisotopic (exact) mass is 268 g/mol. The van der Waals surface area contributed by atoms with Gasteiger partial charge < -0.3 is 4.90 Å². The van der Waals surface area contributed by atoms with Crippen LogP contribution in [0.15, 0.2) is 24.4 Å². The molecule has 1 aromatic rings. The van der Waals surface area contributed by atoms with Crippen LogP contribution in [-0.4, -0.2) is 34.9 Å². The van der Waals surface area contributed by atoms with Crippen molar-refractivity contribution in [2.45, 2.75) is 18.6 Å². The minimum Gasteiger partial charge on any atom is -0.334 e. The van der Waals surface area contributed by atoms with E-state index in [-0.39, 0.29) is 10.6 Å². The molecule has 0 saturated carbocycles. The fraction of sp³-hybridized carbons (Fsp3) is 0.400. The zero-order valence-corrected chi connectivity index (χ0v) is 9.21. The molecule has 1 rings (SSSR count). The first-order valence-electron chi connectivity index (χ1n) is 4.76. The number of nitrogens with zero attached hydrogens (tertiary/aromatic N) is 2. The van der Waals surface area contributed by atoms with Gasteiger partial charge >= 0.3 is 18.0 Å². The van der Waals surface area contributed by atoms with Gasteiger partial charge in [-0.1, -0.05) is 6.07 Å². The lowest BCUT2D eigenvalue weighted by atomic mass is 10.2. The van der Waals surface area contributed by atoms with Crippen molar-refractivity contribution in [3.8, 4) is 0 Å². The topological polar surface area (TPSA) is 33.2 Å². The van der Waals surface area contributed by atoms with E-state index >= 15 is 0 Å². The Hall–Kier alpha value is -1.73. The van der Waals surface area contributed by atoms with Gasteiger partial charge in [-0.05, 0) is 12.1 Å². The molecule has 0 bridgehead atoms. The number of hydrogen-bond donors (Lipinski definition) is 0. The van der Waals surface area contributed by atoms with E-state index in [9.17, 15) is 26.7 Å². The summed E-state index contributed by atoms with van der Waals surface area (Å²) in [6.07, 6.45) is -4.56. The van der Waals surface area contributed by atoms with Gasteiger partial charge in [0.05, 0.1) is 12.2 Å². The standard InChI is InChI=1S/C10H9F5N2O/c1-17(6-7-4-2-3-5-16-7)8(18)9(11,12)10(13,14)15/h2-5H,6H2,1H3. The summed E-state index contributed by atoms with van der Waals surface area (Å²) in [6.45, 7) is -0.425. The Labute approximate surface area is 99.2 Å². The second-order valence-electron chi connectivity index (χ2n) is 3.55. The predicted octanol–water partition coefficient (Wildman–Crippen LogP) is 2.24. The maximum Gasteiger partial charge on any atom is 0.463 e. The predicted molar refractivity (Wildman–Crippen MR) is 51.7 cm³/mol. The molecule has 0 atom stereocenters. The number of amides is 1. The van der Waals surface area contributed by atoms with Gasteiger partial charge in [0, 0.05) is 13.2 Å². The number of carbonyl (C=O) groups excluding carboxylic acids is 1. The van der Waals surface area contributed by atoms with E-state index in [1.54, 1.807) is 6.07 Å². The number of halogens is 5. The van der Waals surface area contributed by atoms with Crippen LogP contribution >= 0.6 is 0 Å². The van der Waals surface area contributed by atoms with Gasteiger partial charge in [-0.3, -0.25) is 9.78 Å². The third-order valence-electron chi connectivity index (χ3n) is 2.10. The molecule has 1 amide bonds. The van der Waals surface area contributed by atoms with Gasteiger partial charge in [0.25, 0.3) is 0 Å². The molecule has 0 aliphatic heterocycles. The van der Waals surface area contributed by atoms with E-state index in [0.29, 0.717) is 0 Å². The van der Waals surface area contributed by atoms with Crippen LogP contribution < -0.4 is 0 Å². The van der Waals surface area contributed by atoms with Crippen molar-refractivity contribution < 1.29 is 26.7 Å². The second kappa shape index (κ2) is 4.87. The minimum atomic E-state index is -5.90. The van der Waals surface area contributed by atoms with Crippen molar-refractivity contribution in [2.75, 3.05) is 7.05 Å². The first-order chi connectivity index (χ1) is 8.16. The van der Waals surface area contributed by atoms with Gasteiger partial charge in [0.2, 0.25) is 0 Å². The SMILES string of the molecule is CN(Cc1ccccn1)C(=O)C(F)(F)C(F)(F)F. The number of carbonyl (C=O) groups is 1. The van der Waals surface area contributed by atoms with Gasteiger partial charge in [0.15, 0.2) is 0 Å². The summed E-state index contributed by atoms with van der Waals surface area (Å²) in [7, 11) is 0.858. The minimum absolute atomic E-state index is 0.214. The summed E-state index contributed by atoms with van der Waals surface area (Å²) in [6, 6.07) is 4.49. The summed E-state index contributed by atoms with van der Waals surface area (Å²) >= 11 is 0. The van der Waals surface area contributed by atoms with Crippen LogP contribution in [0.1, 0.15) is 5.69 Å². The highest BCUT2D eigenvalue weighted by Gasteiger charge is 2.64. The molecule has 18 heavy (non-hydrogen) atoms. The molecule has 0 fully saturated rings. The lowest BCUT2D eigenvalue weighted by Crippen LogP contribution is -2.50. The van der Waals surface area contributed by atoms with E-state index < -0.39 is 24.6 Å². The summed E-state index contributed by atoms with van der Waals surface area (Å²) in [5, 5.41) is 0. The highest BCUT2D eigenvalue weighted by molar-refractivity contribution is 5.84. The smallest absolute Gasteiger partial charge is 0.334 e. The summed E-state index contributed by atoms with van der Waals surface area (Å²) in [4.78, 5) is 15.1. The zero-order chi connectivity index (χ0) is 14.0. The molecule has 3 nitrogen and oxygen atoms in total. The van der Waals surface area contributed by atoms with Crippen LogP contribution in [0.3, 0.4) is 0 Å². The van der Waals surface area contributed by atoms with E-state index in [4.69, 9.17) is 0 Å². The Kier molecular flexibility index (Phi) is 3.88. The number of rotatable bonds is 3. The van der Waals surface area contributed by atoms with Crippen LogP contribution in [0.25, 0.3) is 0 Å². The Morgan fingerprint density at radius 3 is 2.33 bits per heavy atom. The first-order valence-corrected chi connectivity index (χ1v) is 4.76. The molecule has 100 valence electrons. The van der Waals surface area contributed by atoms with Crippen molar-refractivity contribution >= 4 is 5.91 Å². The Morgan fingerprint density at radius 2 is 1.89 bits per heavy atom. The molecule has 0 saturated heterocycles. The maximum atomic E-state index is 12.7.